The van der Waals surface area contributed by atoms with Crippen LogP contribution >= 0.6 is 0 Å². The highest BCUT2D eigenvalue weighted by Gasteiger charge is 2.14. The third-order valence-electron chi connectivity index (χ3n) is 2.00. The summed E-state index contributed by atoms with van der Waals surface area (Å²) in [5, 5.41) is 0. The van der Waals surface area contributed by atoms with E-state index in [0.717, 1.165) is 11.8 Å². The summed E-state index contributed by atoms with van der Waals surface area (Å²) in [6.07, 6.45) is 0.263. The van der Waals surface area contributed by atoms with Crippen LogP contribution in [0, 0.1) is 0 Å². The van der Waals surface area contributed by atoms with Gasteiger partial charge in [0.2, 0.25) is 0 Å². The Morgan fingerprint density at radius 3 is 2.60 bits per heavy atom. The van der Waals surface area contributed by atoms with Crippen LogP contribution in [-0.2, 0) is 9.53 Å². The Labute approximate surface area is 90.0 Å². The molecule has 15 heavy (non-hydrogen) atoms. The molecule has 0 aliphatic carbocycles. The van der Waals surface area contributed by atoms with Crippen LogP contribution in [0.4, 0.5) is 0 Å². The van der Waals surface area contributed by atoms with Crippen molar-refractivity contribution in [2.75, 3.05) is 13.2 Å². The van der Waals surface area contributed by atoms with Gasteiger partial charge in [0.25, 0.3) is 0 Å². The molecule has 0 bridgehead atoms. The number of carbonyl (C=O) groups is 1. The minimum atomic E-state index is -0.530. The van der Waals surface area contributed by atoms with E-state index in [4.69, 9.17) is 9.47 Å². The molecule has 0 fully saturated rings. The van der Waals surface area contributed by atoms with E-state index in [2.05, 4.69) is 0 Å². The first-order valence-corrected chi connectivity index (χ1v) is 5.12. The van der Waals surface area contributed by atoms with Crippen LogP contribution in [-0.4, -0.2) is 19.5 Å². The molecule has 1 atom stereocenters. The number of rotatable bonds is 6. The topological polar surface area (TPSA) is 35.5 Å². The molecule has 0 N–H and O–H groups in total. The first kappa shape index (κ1) is 11.7. The number of aldehydes is 1. The lowest BCUT2D eigenvalue weighted by atomic mass is 10.1. The van der Waals surface area contributed by atoms with Crippen LogP contribution in [0.5, 0.6) is 5.75 Å². The lowest BCUT2D eigenvalue weighted by molar-refractivity contribution is -0.118. The van der Waals surface area contributed by atoms with Gasteiger partial charge in [-0.1, -0.05) is 18.2 Å². The minimum Gasteiger partial charge on any atom is -0.493 e. The number of hydrogen-bond donors (Lipinski definition) is 0. The molecule has 1 rings (SSSR count). The molecule has 0 saturated heterocycles. The van der Waals surface area contributed by atoms with Gasteiger partial charge in [-0.3, -0.25) is 0 Å². The van der Waals surface area contributed by atoms with E-state index in [9.17, 15) is 4.79 Å². The van der Waals surface area contributed by atoms with Gasteiger partial charge in [0.15, 0.2) is 6.29 Å². The quantitative estimate of drug-likeness (QED) is 0.673. The van der Waals surface area contributed by atoms with Gasteiger partial charge in [0.05, 0.1) is 6.61 Å². The number of para-hydroxylation sites is 1. The summed E-state index contributed by atoms with van der Waals surface area (Å²) < 4.78 is 10.7. The van der Waals surface area contributed by atoms with Gasteiger partial charge in [-0.25, -0.2) is 0 Å². The maximum absolute atomic E-state index is 10.9. The molecule has 0 saturated carbocycles. The summed E-state index contributed by atoms with van der Waals surface area (Å²) in [7, 11) is 0. The fraction of sp³-hybridized carbons (Fsp3) is 0.417. The van der Waals surface area contributed by atoms with Crippen LogP contribution < -0.4 is 4.74 Å². The van der Waals surface area contributed by atoms with E-state index < -0.39 is 6.10 Å². The van der Waals surface area contributed by atoms with Gasteiger partial charge in [-0.2, -0.15) is 0 Å². The van der Waals surface area contributed by atoms with Gasteiger partial charge in [-0.15, -0.1) is 0 Å². The largest absolute Gasteiger partial charge is 0.493 e. The maximum Gasteiger partial charge on any atom is 0.153 e. The Balaban J connectivity index is 2.93. The zero-order chi connectivity index (χ0) is 11.1. The molecule has 0 aliphatic rings. The second kappa shape index (κ2) is 6.19. The Hall–Kier alpha value is -1.35. The molecule has 0 radical (unpaired) electrons. The molecule has 0 amide bonds. The SMILES string of the molecule is CCOc1ccccc1C(C=O)OCC. The molecule has 82 valence electrons. The highest BCUT2D eigenvalue weighted by atomic mass is 16.5. The van der Waals surface area contributed by atoms with Gasteiger partial charge >= 0.3 is 0 Å². The fourth-order valence-electron chi connectivity index (χ4n) is 1.38. The molecule has 1 unspecified atom stereocenters. The van der Waals surface area contributed by atoms with E-state index in [0.29, 0.717) is 19.0 Å². The number of hydrogen-bond acceptors (Lipinski definition) is 3. The lowest BCUT2D eigenvalue weighted by Crippen LogP contribution is -2.08. The van der Waals surface area contributed by atoms with Crippen LogP contribution in [0.1, 0.15) is 25.5 Å². The molecule has 3 heteroatoms. The number of benzene rings is 1. The van der Waals surface area contributed by atoms with E-state index in [-0.39, 0.29) is 0 Å². The van der Waals surface area contributed by atoms with Crippen molar-refractivity contribution in [1.29, 1.82) is 0 Å². The zero-order valence-electron chi connectivity index (χ0n) is 9.10. The summed E-state index contributed by atoms with van der Waals surface area (Å²) in [6.45, 7) is 4.85. The maximum atomic E-state index is 10.9. The van der Waals surface area contributed by atoms with Gasteiger partial charge in [-0.05, 0) is 19.9 Å². The third kappa shape index (κ3) is 3.06. The second-order valence-corrected chi connectivity index (χ2v) is 2.98. The van der Waals surface area contributed by atoms with Gasteiger partial charge in [0, 0.05) is 12.2 Å². The second-order valence-electron chi connectivity index (χ2n) is 2.98. The van der Waals surface area contributed by atoms with E-state index in [1.807, 2.05) is 38.1 Å². The number of carbonyl (C=O) groups excluding carboxylic acids is 1. The average Bonchev–Trinajstić information content (AvgIpc) is 2.27. The van der Waals surface area contributed by atoms with Crippen molar-refractivity contribution in [2.24, 2.45) is 0 Å². The summed E-state index contributed by atoms with van der Waals surface area (Å²) in [4.78, 5) is 10.9. The molecule has 0 aliphatic heterocycles. The molecule has 0 aromatic heterocycles. The highest BCUT2D eigenvalue weighted by molar-refractivity contribution is 5.62. The zero-order valence-corrected chi connectivity index (χ0v) is 9.10. The summed E-state index contributed by atoms with van der Waals surface area (Å²) in [6, 6.07) is 7.43. The Bertz CT molecular complexity index is 309. The summed E-state index contributed by atoms with van der Waals surface area (Å²) in [5.74, 6) is 0.713. The summed E-state index contributed by atoms with van der Waals surface area (Å²) in [5.41, 5.74) is 0.788. The Morgan fingerprint density at radius 2 is 2.00 bits per heavy atom. The third-order valence-corrected chi connectivity index (χ3v) is 2.00. The molecule has 0 heterocycles. The molecular weight excluding hydrogens is 192 g/mol. The fourth-order valence-corrected chi connectivity index (χ4v) is 1.38. The van der Waals surface area contributed by atoms with Crippen LogP contribution in [0.2, 0.25) is 0 Å². The van der Waals surface area contributed by atoms with Gasteiger partial charge in [0.1, 0.15) is 11.9 Å². The van der Waals surface area contributed by atoms with E-state index >= 15 is 0 Å². The van der Waals surface area contributed by atoms with Crippen molar-refractivity contribution in [3.8, 4) is 5.75 Å². The van der Waals surface area contributed by atoms with Crippen LogP contribution in [0.15, 0.2) is 24.3 Å². The first-order valence-electron chi connectivity index (χ1n) is 5.12. The van der Waals surface area contributed by atoms with Crippen molar-refractivity contribution >= 4 is 6.29 Å². The lowest BCUT2D eigenvalue weighted by Gasteiger charge is -2.15. The molecule has 1 aromatic carbocycles. The van der Waals surface area contributed by atoms with Crippen molar-refractivity contribution in [3.63, 3.8) is 0 Å². The molecule has 0 spiro atoms. The first-order chi connectivity index (χ1) is 7.33. The molecular formula is C12H16O3. The molecule has 1 aromatic rings. The predicted octanol–water partition coefficient (Wildman–Crippen LogP) is 2.36. The van der Waals surface area contributed by atoms with E-state index in [1.165, 1.54) is 0 Å². The summed E-state index contributed by atoms with van der Waals surface area (Å²) >= 11 is 0. The van der Waals surface area contributed by atoms with Crippen LogP contribution in [0.3, 0.4) is 0 Å². The minimum absolute atomic E-state index is 0.504. The van der Waals surface area contributed by atoms with Crippen LogP contribution in [0.25, 0.3) is 0 Å². The molecule has 3 nitrogen and oxygen atoms in total. The number of ether oxygens (including phenoxy) is 2. The van der Waals surface area contributed by atoms with Crippen molar-refractivity contribution in [1.82, 2.24) is 0 Å². The standard InChI is InChI=1S/C12H16O3/c1-3-14-11-8-6-5-7-10(11)12(9-13)15-4-2/h5-9,12H,3-4H2,1-2H3. The van der Waals surface area contributed by atoms with Crippen molar-refractivity contribution in [3.05, 3.63) is 29.8 Å². The normalized spacial score (nSPS) is 12.1. The average molecular weight is 208 g/mol. The van der Waals surface area contributed by atoms with Gasteiger partial charge < -0.3 is 14.3 Å². The van der Waals surface area contributed by atoms with Crippen molar-refractivity contribution in [2.45, 2.75) is 20.0 Å². The van der Waals surface area contributed by atoms with Crippen molar-refractivity contribution < 1.29 is 14.3 Å². The Morgan fingerprint density at radius 1 is 1.27 bits per heavy atom. The monoisotopic (exact) mass is 208 g/mol. The smallest absolute Gasteiger partial charge is 0.153 e. The van der Waals surface area contributed by atoms with E-state index in [1.54, 1.807) is 0 Å². The Kier molecular flexibility index (Phi) is 4.84. The highest BCUT2D eigenvalue weighted by Crippen LogP contribution is 2.26. The predicted molar refractivity (Wildman–Crippen MR) is 58.0 cm³/mol.